The summed E-state index contributed by atoms with van der Waals surface area (Å²) in [6, 6.07) is 12.7. The van der Waals surface area contributed by atoms with Gasteiger partial charge in [0.25, 0.3) is 0 Å². The van der Waals surface area contributed by atoms with Crippen molar-refractivity contribution in [2.75, 3.05) is 9.80 Å². The number of imide groups is 2. The monoisotopic (exact) mass is 516 g/mol. The van der Waals surface area contributed by atoms with Crippen molar-refractivity contribution < 1.29 is 19.2 Å². The molecule has 6 aliphatic rings. The number of hydrogen-bond acceptors (Lipinski definition) is 5. The number of fused-ring (bicyclic) bond motifs is 11. The summed E-state index contributed by atoms with van der Waals surface area (Å²) in [7, 11) is 0. The first-order valence-corrected chi connectivity index (χ1v) is 13.7. The quantitative estimate of drug-likeness (QED) is 0.421. The van der Waals surface area contributed by atoms with E-state index in [9.17, 15) is 19.2 Å². The predicted octanol–water partition coefficient (Wildman–Crippen LogP) is 3.85. The number of rotatable bonds is 3. The van der Waals surface area contributed by atoms with Gasteiger partial charge in [0.2, 0.25) is 23.6 Å². The van der Waals surface area contributed by atoms with Crippen molar-refractivity contribution in [2.24, 2.45) is 47.3 Å². The molecule has 4 aliphatic carbocycles. The summed E-state index contributed by atoms with van der Waals surface area (Å²) in [4.78, 5) is 63.5. The minimum absolute atomic E-state index is 0.0928. The molecule has 2 aromatic carbocycles. The number of imidazole rings is 1. The summed E-state index contributed by atoms with van der Waals surface area (Å²) in [6.45, 7) is 0. The highest BCUT2D eigenvalue weighted by molar-refractivity contribution is 6.24. The Labute approximate surface area is 223 Å². The number of benzene rings is 2. The largest absolute Gasteiger partial charge is 0.338 e. The second kappa shape index (κ2) is 7.20. The van der Waals surface area contributed by atoms with E-state index in [1.807, 2.05) is 24.3 Å². The number of allylic oxidation sites excluding steroid dienone is 4. The summed E-state index contributed by atoms with van der Waals surface area (Å²) in [5, 5.41) is 0. The third-order valence-corrected chi connectivity index (χ3v) is 10.1. The number of amides is 4. The molecule has 0 spiro atoms. The van der Waals surface area contributed by atoms with Crippen LogP contribution in [0.25, 0.3) is 22.4 Å². The number of nitrogens with one attached hydrogen (secondary N) is 1. The van der Waals surface area contributed by atoms with Gasteiger partial charge in [-0.3, -0.25) is 24.1 Å². The number of nitrogens with zero attached hydrogens (tertiary/aromatic N) is 3. The van der Waals surface area contributed by atoms with Crippen LogP contribution in [0.5, 0.6) is 0 Å². The summed E-state index contributed by atoms with van der Waals surface area (Å²) in [5.41, 5.74) is 3.41. The Morgan fingerprint density at radius 2 is 1.08 bits per heavy atom. The Kier molecular flexibility index (Phi) is 3.98. The van der Waals surface area contributed by atoms with Crippen LogP contribution in [-0.4, -0.2) is 33.6 Å². The molecule has 2 aliphatic heterocycles. The fourth-order valence-electron chi connectivity index (χ4n) is 8.36. The lowest BCUT2D eigenvalue weighted by atomic mass is 9.85. The maximum Gasteiger partial charge on any atom is 0.238 e. The van der Waals surface area contributed by atoms with E-state index in [0.717, 1.165) is 29.4 Å². The zero-order valence-corrected chi connectivity index (χ0v) is 20.9. The van der Waals surface area contributed by atoms with Crippen LogP contribution in [-0.2, 0) is 19.2 Å². The van der Waals surface area contributed by atoms with Crippen molar-refractivity contribution in [3.05, 3.63) is 66.8 Å². The zero-order chi connectivity index (χ0) is 26.2. The van der Waals surface area contributed by atoms with Gasteiger partial charge in [-0.05, 0) is 79.0 Å². The van der Waals surface area contributed by atoms with Crippen molar-refractivity contribution in [3.8, 4) is 11.4 Å². The Hall–Kier alpha value is -4.33. The van der Waals surface area contributed by atoms with Gasteiger partial charge in [-0.2, -0.15) is 0 Å². The van der Waals surface area contributed by atoms with Gasteiger partial charge in [0.1, 0.15) is 5.82 Å². The van der Waals surface area contributed by atoms with Gasteiger partial charge in [-0.15, -0.1) is 0 Å². The highest BCUT2D eigenvalue weighted by atomic mass is 16.2. The highest BCUT2D eigenvalue weighted by Crippen LogP contribution is 2.54. The number of anilines is 2. The molecule has 192 valence electrons. The lowest BCUT2D eigenvalue weighted by molar-refractivity contribution is -0.124. The standard InChI is InChI=1S/C31H24N4O4/c36-28-23-15-1-2-16(11-15)24(23)29(37)34(28)19-7-5-14(6-8-19)27-32-21-10-9-20(13-22(21)33-27)35-30(38)25-17-3-4-18(12-17)26(25)31(35)39/h1-10,13,15-18,23-26H,11-12H2,(H,32,33)/t15-,16-,17-,18-,23-,24+,25-,26-/m0/s1. The Morgan fingerprint density at radius 3 is 1.59 bits per heavy atom. The first-order valence-electron chi connectivity index (χ1n) is 13.7. The lowest BCUT2D eigenvalue weighted by Crippen LogP contribution is -2.32. The smallest absolute Gasteiger partial charge is 0.238 e. The average molecular weight is 517 g/mol. The number of carbonyl (C=O) groups excluding carboxylic acids is 4. The summed E-state index contributed by atoms with van der Waals surface area (Å²) >= 11 is 0. The molecular formula is C31H24N4O4. The SMILES string of the molecule is O=C1[C@@H]2[C@@H](C(=O)N1c1ccc3nc(-c4ccc(N5C(=O)[C@@H]6[C@H](C5=O)[C@H]5C=C[C@H]6C5)cc4)[nH]c3c1)[C@H]1C=C[C@H]2C1. The van der Waals surface area contributed by atoms with Crippen LogP contribution in [0.4, 0.5) is 11.4 Å². The molecule has 39 heavy (non-hydrogen) atoms. The summed E-state index contributed by atoms with van der Waals surface area (Å²) in [6.07, 6.45) is 10.2. The summed E-state index contributed by atoms with van der Waals surface area (Å²) in [5.74, 6) is 0.0185. The molecule has 8 nitrogen and oxygen atoms in total. The molecule has 4 bridgehead atoms. The van der Waals surface area contributed by atoms with Crippen LogP contribution in [0.15, 0.2) is 66.8 Å². The van der Waals surface area contributed by atoms with Gasteiger partial charge in [0.15, 0.2) is 0 Å². The van der Waals surface area contributed by atoms with E-state index in [1.165, 1.54) is 9.80 Å². The van der Waals surface area contributed by atoms with Crippen LogP contribution in [0.2, 0.25) is 0 Å². The Bertz CT molecular complexity index is 1660. The molecule has 2 saturated carbocycles. The number of hydrogen-bond donors (Lipinski definition) is 1. The molecule has 0 radical (unpaired) electrons. The van der Waals surface area contributed by atoms with E-state index in [2.05, 4.69) is 29.3 Å². The molecule has 3 aromatic rings. The lowest BCUT2D eigenvalue weighted by Gasteiger charge is -2.17. The normalized spacial score (nSPS) is 35.4. The molecule has 8 heteroatoms. The third kappa shape index (κ3) is 2.66. The number of H-pyrrole nitrogens is 1. The number of aromatic nitrogens is 2. The van der Waals surface area contributed by atoms with Crippen LogP contribution in [0.3, 0.4) is 0 Å². The molecule has 2 saturated heterocycles. The molecule has 1 N–H and O–H groups in total. The van der Waals surface area contributed by atoms with Crippen LogP contribution >= 0.6 is 0 Å². The fourth-order valence-corrected chi connectivity index (χ4v) is 8.36. The molecule has 3 heterocycles. The fraction of sp³-hybridized carbons (Fsp3) is 0.323. The topological polar surface area (TPSA) is 103 Å². The first kappa shape index (κ1) is 21.6. The second-order valence-corrected chi connectivity index (χ2v) is 11.9. The van der Waals surface area contributed by atoms with Crippen LogP contribution in [0, 0.1) is 47.3 Å². The maximum absolute atomic E-state index is 13.2. The van der Waals surface area contributed by atoms with Crippen molar-refractivity contribution in [1.29, 1.82) is 0 Å². The average Bonchev–Trinajstić information content (AvgIpc) is 3.79. The van der Waals surface area contributed by atoms with Gasteiger partial charge in [-0.1, -0.05) is 24.3 Å². The molecule has 4 fully saturated rings. The molecule has 4 amide bonds. The summed E-state index contributed by atoms with van der Waals surface area (Å²) < 4.78 is 0. The van der Waals surface area contributed by atoms with E-state index in [1.54, 1.807) is 18.2 Å². The van der Waals surface area contributed by atoms with Crippen LogP contribution in [0.1, 0.15) is 12.8 Å². The minimum Gasteiger partial charge on any atom is -0.338 e. The molecule has 9 rings (SSSR count). The molecular weight excluding hydrogens is 492 g/mol. The van der Waals surface area contributed by atoms with Gasteiger partial charge < -0.3 is 4.98 Å². The Morgan fingerprint density at radius 1 is 0.615 bits per heavy atom. The van der Waals surface area contributed by atoms with Gasteiger partial charge >= 0.3 is 0 Å². The van der Waals surface area contributed by atoms with Gasteiger partial charge in [0.05, 0.1) is 46.1 Å². The van der Waals surface area contributed by atoms with Crippen molar-refractivity contribution in [3.63, 3.8) is 0 Å². The van der Waals surface area contributed by atoms with E-state index < -0.39 is 0 Å². The Balaban J connectivity index is 0.997. The number of carbonyl (C=O) groups is 4. The van der Waals surface area contributed by atoms with Crippen molar-refractivity contribution in [1.82, 2.24) is 9.97 Å². The first-order chi connectivity index (χ1) is 19.0. The molecule has 1 aromatic heterocycles. The zero-order valence-electron chi connectivity index (χ0n) is 20.9. The van der Waals surface area contributed by atoms with Gasteiger partial charge in [-0.25, -0.2) is 9.88 Å². The third-order valence-electron chi connectivity index (χ3n) is 10.1. The second-order valence-electron chi connectivity index (χ2n) is 11.9. The highest BCUT2D eigenvalue weighted by Gasteiger charge is 2.60. The van der Waals surface area contributed by atoms with E-state index in [-0.39, 0.29) is 71.0 Å². The van der Waals surface area contributed by atoms with Crippen molar-refractivity contribution >= 4 is 46.0 Å². The maximum atomic E-state index is 13.2. The number of aromatic amines is 1. The van der Waals surface area contributed by atoms with E-state index in [4.69, 9.17) is 4.98 Å². The van der Waals surface area contributed by atoms with E-state index >= 15 is 0 Å². The molecule has 0 unspecified atom stereocenters. The minimum atomic E-state index is -0.237. The van der Waals surface area contributed by atoms with Crippen molar-refractivity contribution in [2.45, 2.75) is 12.8 Å². The predicted molar refractivity (Wildman–Crippen MR) is 142 cm³/mol. The van der Waals surface area contributed by atoms with E-state index in [0.29, 0.717) is 17.2 Å². The van der Waals surface area contributed by atoms with Gasteiger partial charge in [0, 0.05) is 5.56 Å². The van der Waals surface area contributed by atoms with Crippen LogP contribution < -0.4 is 9.80 Å². The molecule has 8 atom stereocenters.